The number of ether oxygens (including phenoxy) is 3. The maximum atomic E-state index is 12.7. The van der Waals surface area contributed by atoms with E-state index in [1.807, 2.05) is 36.1 Å². The number of piperidine rings is 1. The van der Waals surface area contributed by atoms with E-state index in [2.05, 4.69) is 5.10 Å². The standard InChI is InChI=1S/C19H25N3O4/c1-13-12-15(21(2)20-13)19(23)22-10-8-14(9-11-22)26-18-16(24-3)6-5-7-17(18)25-4/h5-7,12,14H,8-11H2,1-4H3. The van der Waals surface area contributed by atoms with E-state index in [1.165, 1.54) is 0 Å². The summed E-state index contributed by atoms with van der Waals surface area (Å²) in [5, 5.41) is 4.25. The topological polar surface area (TPSA) is 65.8 Å². The molecule has 140 valence electrons. The van der Waals surface area contributed by atoms with E-state index < -0.39 is 0 Å². The highest BCUT2D eigenvalue weighted by Gasteiger charge is 2.27. The summed E-state index contributed by atoms with van der Waals surface area (Å²) in [6.45, 7) is 3.17. The number of amides is 1. The molecule has 0 saturated carbocycles. The number of hydrogen-bond donors (Lipinski definition) is 0. The molecule has 1 aliphatic heterocycles. The molecule has 2 heterocycles. The minimum atomic E-state index is 0.0116. The summed E-state index contributed by atoms with van der Waals surface area (Å²) in [4.78, 5) is 14.5. The van der Waals surface area contributed by atoms with Crippen LogP contribution in [0.25, 0.3) is 0 Å². The molecule has 7 nitrogen and oxygen atoms in total. The Labute approximate surface area is 153 Å². The number of carbonyl (C=O) groups is 1. The number of likely N-dealkylation sites (tertiary alicyclic amines) is 1. The van der Waals surface area contributed by atoms with Crippen LogP contribution in [-0.4, -0.2) is 54.0 Å². The van der Waals surface area contributed by atoms with E-state index in [1.54, 1.807) is 25.9 Å². The van der Waals surface area contributed by atoms with E-state index in [0.717, 1.165) is 18.5 Å². The summed E-state index contributed by atoms with van der Waals surface area (Å²) in [5.74, 6) is 1.92. The number of methoxy groups -OCH3 is 2. The molecule has 3 rings (SSSR count). The van der Waals surface area contributed by atoms with Crippen molar-refractivity contribution in [2.45, 2.75) is 25.9 Å². The summed E-state index contributed by atoms with van der Waals surface area (Å²) in [6, 6.07) is 7.38. The highest BCUT2D eigenvalue weighted by atomic mass is 16.5. The van der Waals surface area contributed by atoms with E-state index in [9.17, 15) is 4.79 Å². The highest BCUT2D eigenvalue weighted by Crippen LogP contribution is 2.38. The van der Waals surface area contributed by atoms with Crippen molar-refractivity contribution in [3.05, 3.63) is 35.7 Å². The first-order valence-corrected chi connectivity index (χ1v) is 8.71. The van der Waals surface area contributed by atoms with Gasteiger partial charge in [0.25, 0.3) is 5.91 Å². The van der Waals surface area contributed by atoms with E-state index >= 15 is 0 Å². The van der Waals surface area contributed by atoms with Crippen LogP contribution in [0.3, 0.4) is 0 Å². The van der Waals surface area contributed by atoms with Crippen molar-refractivity contribution < 1.29 is 19.0 Å². The molecular weight excluding hydrogens is 334 g/mol. The van der Waals surface area contributed by atoms with Gasteiger partial charge in [-0.1, -0.05) is 6.07 Å². The Morgan fingerprint density at radius 2 is 1.77 bits per heavy atom. The van der Waals surface area contributed by atoms with Crippen LogP contribution in [0, 0.1) is 6.92 Å². The Hall–Kier alpha value is -2.70. The average Bonchev–Trinajstić information content (AvgIpc) is 3.00. The molecule has 0 aliphatic carbocycles. The van der Waals surface area contributed by atoms with Crippen LogP contribution in [0.2, 0.25) is 0 Å². The number of aryl methyl sites for hydroxylation is 2. The zero-order chi connectivity index (χ0) is 18.7. The summed E-state index contributed by atoms with van der Waals surface area (Å²) < 4.78 is 18.6. The van der Waals surface area contributed by atoms with E-state index in [4.69, 9.17) is 14.2 Å². The van der Waals surface area contributed by atoms with Gasteiger partial charge in [0, 0.05) is 33.0 Å². The van der Waals surface area contributed by atoms with Gasteiger partial charge in [0.1, 0.15) is 11.8 Å². The van der Waals surface area contributed by atoms with Crippen molar-refractivity contribution in [1.29, 1.82) is 0 Å². The van der Waals surface area contributed by atoms with Gasteiger partial charge in [-0.15, -0.1) is 0 Å². The van der Waals surface area contributed by atoms with Crippen molar-refractivity contribution in [3.8, 4) is 17.2 Å². The average molecular weight is 359 g/mol. The number of carbonyl (C=O) groups excluding carboxylic acids is 1. The summed E-state index contributed by atoms with van der Waals surface area (Å²) in [6.07, 6.45) is 1.52. The second-order valence-corrected chi connectivity index (χ2v) is 6.40. The first kappa shape index (κ1) is 18.1. The first-order valence-electron chi connectivity index (χ1n) is 8.71. The van der Waals surface area contributed by atoms with Crippen molar-refractivity contribution >= 4 is 5.91 Å². The third-order valence-corrected chi connectivity index (χ3v) is 4.62. The predicted octanol–water partition coefficient (Wildman–Crippen LogP) is 2.43. The molecule has 0 spiro atoms. The third-order valence-electron chi connectivity index (χ3n) is 4.62. The van der Waals surface area contributed by atoms with Gasteiger partial charge in [0.05, 0.1) is 19.9 Å². The van der Waals surface area contributed by atoms with Crippen LogP contribution in [0.4, 0.5) is 0 Å². The van der Waals surface area contributed by atoms with Crippen molar-refractivity contribution in [3.63, 3.8) is 0 Å². The number of aromatic nitrogens is 2. The zero-order valence-corrected chi connectivity index (χ0v) is 15.7. The minimum Gasteiger partial charge on any atom is -0.493 e. The van der Waals surface area contributed by atoms with Crippen LogP contribution >= 0.6 is 0 Å². The molecule has 1 aromatic heterocycles. The molecule has 1 saturated heterocycles. The lowest BCUT2D eigenvalue weighted by Crippen LogP contribution is -2.42. The Morgan fingerprint density at radius 1 is 1.15 bits per heavy atom. The summed E-state index contributed by atoms with van der Waals surface area (Å²) in [7, 11) is 5.02. The Bertz CT molecular complexity index is 757. The highest BCUT2D eigenvalue weighted by molar-refractivity contribution is 5.92. The van der Waals surface area contributed by atoms with E-state index in [-0.39, 0.29) is 12.0 Å². The SMILES string of the molecule is COc1cccc(OC)c1OC1CCN(C(=O)c2cc(C)nn2C)CC1. The molecule has 7 heteroatoms. The largest absolute Gasteiger partial charge is 0.493 e. The maximum Gasteiger partial charge on any atom is 0.272 e. The molecule has 1 aliphatic rings. The molecule has 0 atom stereocenters. The van der Waals surface area contributed by atoms with Crippen LogP contribution in [-0.2, 0) is 7.05 Å². The fourth-order valence-electron chi connectivity index (χ4n) is 3.25. The third kappa shape index (κ3) is 3.61. The second kappa shape index (κ2) is 7.68. The van der Waals surface area contributed by atoms with Crippen LogP contribution in [0.15, 0.2) is 24.3 Å². The molecular formula is C19H25N3O4. The molecule has 1 fully saturated rings. The summed E-state index contributed by atoms with van der Waals surface area (Å²) >= 11 is 0. The normalized spacial score (nSPS) is 15.0. The lowest BCUT2D eigenvalue weighted by Gasteiger charge is -2.32. The fraction of sp³-hybridized carbons (Fsp3) is 0.474. The number of hydrogen-bond acceptors (Lipinski definition) is 5. The van der Waals surface area contributed by atoms with Crippen molar-refractivity contribution in [2.75, 3.05) is 27.3 Å². The quantitative estimate of drug-likeness (QED) is 0.820. The monoisotopic (exact) mass is 359 g/mol. The number of nitrogens with zero attached hydrogens (tertiary/aromatic N) is 3. The molecule has 0 radical (unpaired) electrons. The molecule has 0 unspecified atom stereocenters. The summed E-state index contributed by atoms with van der Waals surface area (Å²) in [5.41, 5.74) is 1.46. The fourth-order valence-corrected chi connectivity index (χ4v) is 3.25. The number of para-hydroxylation sites is 1. The van der Waals surface area contributed by atoms with Crippen molar-refractivity contribution in [2.24, 2.45) is 7.05 Å². The van der Waals surface area contributed by atoms with Gasteiger partial charge in [0.15, 0.2) is 11.5 Å². The molecule has 0 bridgehead atoms. The van der Waals surface area contributed by atoms with Gasteiger partial charge in [0.2, 0.25) is 5.75 Å². The van der Waals surface area contributed by atoms with Crippen LogP contribution < -0.4 is 14.2 Å². The Morgan fingerprint density at radius 3 is 2.27 bits per heavy atom. The number of rotatable bonds is 5. The second-order valence-electron chi connectivity index (χ2n) is 6.40. The van der Waals surface area contributed by atoms with Crippen molar-refractivity contribution in [1.82, 2.24) is 14.7 Å². The van der Waals surface area contributed by atoms with Gasteiger partial charge in [-0.05, 0) is 25.1 Å². The van der Waals surface area contributed by atoms with Gasteiger partial charge in [-0.2, -0.15) is 5.10 Å². The molecule has 2 aromatic rings. The lowest BCUT2D eigenvalue weighted by molar-refractivity contribution is 0.0575. The lowest BCUT2D eigenvalue weighted by atomic mass is 10.1. The van der Waals surface area contributed by atoms with E-state index in [0.29, 0.717) is 36.0 Å². The van der Waals surface area contributed by atoms with Gasteiger partial charge < -0.3 is 19.1 Å². The van der Waals surface area contributed by atoms with Crippen LogP contribution in [0.1, 0.15) is 29.0 Å². The van der Waals surface area contributed by atoms with Crippen LogP contribution in [0.5, 0.6) is 17.2 Å². The zero-order valence-electron chi connectivity index (χ0n) is 15.7. The van der Waals surface area contributed by atoms with Gasteiger partial charge >= 0.3 is 0 Å². The Kier molecular flexibility index (Phi) is 5.35. The Balaban J connectivity index is 1.64. The maximum absolute atomic E-state index is 12.7. The molecule has 0 N–H and O–H groups in total. The minimum absolute atomic E-state index is 0.0116. The smallest absolute Gasteiger partial charge is 0.272 e. The van der Waals surface area contributed by atoms with Gasteiger partial charge in [-0.3, -0.25) is 9.48 Å². The van der Waals surface area contributed by atoms with Gasteiger partial charge in [-0.25, -0.2) is 0 Å². The predicted molar refractivity (Wildman–Crippen MR) is 97.0 cm³/mol. The first-order chi connectivity index (χ1) is 12.5. The number of benzene rings is 1. The molecule has 26 heavy (non-hydrogen) atoms. The molecule has 1 amide bonds. The molecule has 1 aromatic carbocycles.